The predicted octanol–water partition coefficient (Wildman–Crippen LogP) is 1.25. The molecule has 1 aromatic rings. The molecule has 2 aliphatic heterocycles. The number of rotatable bonds is 3. The standard InChI is InChI=1S/C17H20N2O4S/c1-12(20)19-8-6-13-4-2-3-5-15(13)16(19)10-17(21)18-14-7-9-24(22,23)11-14/h2-6,8,14,16H,7,9-11H2,1H3,(H,18,21)/t14-,16+/m0/s1. The van der Waals surface area contributed by atoms with Crippen LogP contribution in [0.2, 0.25) is 0 Å². The summed E-state index contributed by atoms with van der Waals surface area (Å²) in [7, 11) is -3.04. The Bertz CT molecular complexity index is 801. The van der Waals surface area contributed by atoms with E-state index < -0.39 is 9.84 Å². The van der Waals surface area contributed by atoms with E-state index in [2.05, 4.69) is 5.32 Å². The molecule has 0 unspecified atom stereocenters. The van der Waals surface area contributed by atoms with Crippen molar-refractivity contribution in [2.75, 3.05) is 11.5 Å². The Balaban J connectivity index is 1.75. The van der Waals surface area contributed by atoms with Gasteiger partial charge in [-0.05, 0) is 23.6 Å². The van der Waals surface area contributed by atoms with E-state index in [0.717, 1.165) is 11.1 Å². The van der Waals surface area contributed by atoms with Gasteiger partial charge in [-0.15, -0.1) is 0 Å². The summed E-state index contributed by atoms with van der Waals surface area (Å²) in [5.74, 6) is -0.261. The number of hydrogen-bond donors (Lipinski definition) is 1. The third-order valence-electron chi connectivity index (χ3n) is 4.45. The van der Waals surface area contributed by atoms with Crippen molar-refractivity contribution in [3.05, 3.63) is 41.6 Å². The molecule has 3 rings (SSSR count). The molecule has 0 aromatic heterocycles. The lowest BCUT2D eigenvalue weighted by Gasteiger charge is -2.32. The van der Waals surface area contributed by atoms with Crippen molar-refractivity contribution in [1.29, 1.82) is 0 Å². The molecule has 1 fully saturated rings. The molecule has 0 spiro atoms. The van der Waals surface area contributed by atoms with Gasteiger partial charge in [-0.2, -0.15) is 0 Å². The van der Waals surface area contributed by atoms with Gasteiger partial charge in [-0.3, -0.25) is 9.59 Å². The van der Waals surface area contributed by atoms with E-state index in [9.17, 15) is 18.0 Å². The Morgan fingerprint density at radius 2 is 2.04 bits per heavy atom. The van der Waals surface area contributed by atoms with E-state index in [1.165, 1.54) is 6.92 Å². The summed E-state index contributed by atoms with van der Waals surface area (Å²) in [6, 6.07) is 6.94. The Kier molecular flexibility index (Phi) is 4.45. The van der Waals surface area contributed by atoms with Gasteiger partial charge in [0.05, 0.1) is 24.0 Å². The first kappa shape index (κ1) is 16.7. The van der Waals surface area contributed by atoms with Gasteiger partial charge in [0.2, 0.25) is 11.8 Å². The number of nitrogens with one attached hydrogen (secondary N) is 1. The number of benzene rings is 1. The number of hydrogen-bond acceptors (Lipinski definition) is 4. The van der Waals surface area contributed by atoms with Crippen molar-refractivity contribution in [2.24, 2.45) is 0 Å². The Morgan fingerprint density at radius 3 is 2.71 bits per heavy atom. The fourth-order valence-electron chi connectivity index (χ4n) is 3.28. The molecule has 0 bridgehead atoms. The number of amides is 2. The van der Waals surface area contributed by atoms with Gasteiger partial charge in [0, 0.05) is 19.2 Å². The first-order valence-electron chi connectivity index (χ1n) is 7.91. The fourth-order valence-corrected chi connectivity index (χ4v) is 4.96. The van der Waals surface area contributed by atoms with Gasteiger partial charge in [0.15, 0.2) is 9.84 Å². The van der Waals surface area contributed by atoms with Crippen LogP contribution in [-0.2, 0) is 19.4 Å². The van der Waals surface area contributed by atoms with Gasteiger partial charge in [-0.1, -0.05) is 24.3 Å². The normalized spacial score (nSPS) is 24.5. The summed E-state index contributed by atoms with van der Waals surface area (Å²) in [5, 5.41) is 2.79. The minimum absolute atomic E-state index is 0.00365. The average Bonchev–Trinajstić information content (AvgIpc) is 2.86. The summed E-state index contributed by atoms with van der Waals surface area (Å²) >= 11 is 0. The zero-order valence-electron chi connectivity index (χ0n) is 13.4. The summed E-state index contributed by atoms with van der Waals surface area (Å²) in [5.41, 5.74) is 1.90. The van der Waals surface area contributed by atoms with Crippen molar-refractivity contribution in [2.45, 2.75) is 31.8 Å². The van der Waals surface area contributed by atoms with Crippen LogP contribution in [0.15, 0.2) is 30.5 Å². The summed E-state index contributed by atoms with van der Waals surface area (Å²) < 4.78 is 23.0. The lowest BCUT2D eigenvalue weighted by atomic mass is 9.93. The van der Waals surface area contributed by atoms with Crippen LogP contribution in [0.3, 0.4) is 0 Å². The maximum atomic E-state index is 12.4. The average molecular weight is 348 g/mol. The second-order valence-corrected chi connectivity index (χ2v) is 8.49. The highest BCUT2D eigenvalue weighted by Crippen LogP contribution is 2.32. The van der Waals surface area contributed by atoms with Crippen LogP contribution >= 0.6 is 0 Å². The van der Waals surface area contributed by atoms with E-state index in [0.29, 0.717) is 6.42 Å². The Hall–Kier alpha value is -2.15. The van der Waals surface area contributed by atoms with Crippen LogP contribution < -0.4 is 5.32 Å². The molecule has 24 heavy (non-hydrogen) atoms. The van der Waals surface area contributed by atoms with E-state index in [-0.39, 0.29) is 41.8 Å². The highest BCUT2D eigenvalue weighted by Gasteiger charge is 2.32. The molecule has 0 radical (unpaired) electrons. The van der Waals surface area contributed by atoms with Crippen LogP contribution in [0, 0.1) is 0 Å². The molecule has 7 heteroatoms. The van der Waals surface area contributed by atoms with Crippen LogP contribution in [0.25, 0.3) is 6.08 Å². The third-order valence-corrected chi connectivity index (χ3v) is 6.21. The van der Waals surface area contributed by atoms with Gasteiger partial charge in [0.25, 0.3) is 0 Å². The van der Waals surface area contributed by atoms with Gasteiger partial charge >= 0.3 is 0 Å². The summed E-state index contributed by atoms with van der Waals surface area (Å²) in [4.78, 5) is 25.8. The van der Waals surface area contributed by atoms with E-state index in [1.807, 2.05) is 30.3 Å². The molecule has 1 N–H and O–H groups in total. The number of sulfone groups is 1. The zero-order valence-corrected chi connectivity index (χ0v) is 14.3. The van der Waals surface area contributed by atoms with Crippen molar-refractivity contribution in [1.82, 2.24) is 10.2 Å². The molecule has 1 aromatic carbocycles. The topological polar surface area (TPSA) is 83.6 Å². The van der Waals surface area contributed by atoms with Gasteiger partial charge in [-0.25, -0.2) is 8.42 Å². The first-order valence-corrected chi connectivity index (χ1v) is 9.74. The summed E-state index contributed by atoms with van der Waals surface area (Å²) in [6.07, 6.45) is 4.11. The smallest absolute Gasteiger partial charge is 0.223 e. The van der Waals surface area contributed by atoms with Crippen LogP contribution in [0.1, 0.15) is 36.9 Å². The maximum absolute atomic E-state index is 12.4. The third kappa shape index (κ3) is 3.51. The second-order valence-electron chi connectivity index (χ2n) is 6.26. The monoisotopic (exact) mass is 348 g/mol. The second kappa shape index (κ2) is 6.39. The number of carbonyl (C=O) groups excluding carboxylic acids is 2. The minimum Gasteiger partial charge on any atom is -0.352 e. The quantitative estimate of drug-likeness (QED) is 0.891. The molecule has 6 nitrogen and oxygen atoms in total. The highest BCUT2D eigenvalue weighted by atomic mass is 32.2. The molecular formula is C17H20N2O4S. The van der Waals surface area contributed by atoms with E-state index in [4.69, 9.17) is 0 Å². The molecule has 0 saturated carbocycles. The molecule has 2 aliphatic rings. The van der Waals surface area contributed by atoms with E-state index >= 15 is 0 Å². The molecule has 1 saturated heterocycles. The SMILES string of the molecule is CC(=O)N1C=Cc2ccccc2[C@H]1CC(=O)N[C@H]1CCS(=O)(=O)C1. The van der Waals surface area contributed by atoms with Crippen LogP contribution in [0.4, 0.5) is 0 Å². The summed E-state index contributed by atoms with van der Waals surface area (Å²) in [6.45, 7) is 1.47. The molecule has 0 aliphatic carbocycles. The Labute approximate surface area is 141 Å². The molecule has 2 atom stereocenters. The first-order chi connectivity index (χ1) is 11.4. The highest BCUT2D eigenvalue weighted by molar-refractivity contribution is 7.91. The fraction of sp³-hybridized carbons (Fsp3) is 0.412. The van der Waals surface area contributed by atoms with Gasteiger partial charge in [0.1, 0.15) is 0 Å². The number of nitrogens with zero attached hydrogens (tertiary/aromatic N) is 1. The van der Waals surface area contributed by atoms with Crippen molar-refractivity contribution < 1.29 is 18.0 Å². The lowest BCUT2D eigenvalue weighted by molar-refractivity contribution is -0.130. The minimum atomic E-state index is -3.04. The van der Waals surface area contributed by atoms with Gasteiger partial charge < -0.3 is 10.2 Å². The number of fused-ring (bicyclic) bond motifs is 1. The van der Waals surface area contributed by atoms with Crippen LogP contribution in [0.5, 0.6) is 0 Å². The Morgan fingerprint density at radius 1 is 1.29 bits per heavy atom. The maximum Gasteiger partial charge on any atom is 0.223 e. The molecule has 2 amide bonds. The zero-order chi connectivity index (χ0) is 17.3. The van der Waals surface area contributed by atoms with Crippen molar-refractivity contribution >= 4 is 27.7 Å². The largest absolute Gasteiger partial charge is 0.352 e. The van der Waals surface area contributed by atoms with Crippen LogP contribution in [-0.4, -0.2) is 42.7 Å². The molecule has 2 heterocycles. The lowest BCUT2D eigenvalue weighted by Crippen LogP contribution is -2.39. The predicted molar refractivity (Wildman–Crippen MR) is 90.6 cm³/mol. The van der Waals surface area contributed by atoms with Crippen molar-refractivity contribution in [3.8, 4) is 0 Å². The van der Waals surface area contributed by atoms with E-state index in [1.54, 1.807) is 11.1 Å². The van der Waals surface area contributed by atoms with Crippen molar-refractivity contribution in [3.63, 3.8) is 0 Å². The molecule has 128 valence electrons. The molecular weight excluding hydrogens is 328 g/mol. The number of carbonyl (C=O) groups is 2.